The lowest BCUT2D eigenvalue weighted by Crippen LogP contribution is -2.19. The number of carbonyl (C=O) groups is 2. The first-order valence-corrected chi connectivity index (χ1v) is 9.54. The molecule has 0 atom stereocenters. The number of pyridine rings is 1. The average molecular weight is 422 g/mol. The third kappa shape index (κ3) is 4.15. The number of aromatic nitrogens is 8. The molecule has 0 aliphatic rings. The van der Waals surface area contributed by atoms with Crippen molar-refractivity contribution in [3.8, 4) is 11.4 Å². The van der Waals surface area contributed by atoms with Crippen LogP contribution >= 0.6 is 11.8 Å². The number of benzene rings is 1. The van der Waals surface area contributed by atoms with Gasteiger partial charge < -0.3 is 11.1 Å². The monoisotopic (exact) mass is 422 g/mol. The lowest BCUT2D eigenvalue weighted by Gasteiger charge is -2.04. The lowest BCUT2D eigenvalue weighted by molar-refractivity contribution is -0.113. The average Bonchev–Trinajstić information content (AvgIpc) is 3.41. The van der Waals surface area contributed by atoms with Gasteiger partial charge in [-0.2, -0.15) is 4.68 Å². The van der Waals surface area contributed by atoms with E-state index in [-0.39, 0.29) is 17.3 Å². The van der Waals surface area contributed by atoms with Crippen molar-refractivity contribution in [2.75, 3.05) is 11.1 Å². The van der Waals surface area contributed by atoms with Gasteiger partial charge in [-0.15, -0.1) is 20.1 Å². The lowest BCUT2D eigenvalue weighted by atomic mass is 10.3. The van der Waals surface area contributed by atoms with Gasteiger partial charge in [0, 0.05) is 6.20 Å². The standard InChI is InChI=1S/C17H14N10O2S/c18-15(29)14-16(23-27(22-14)11-5-2-1-3-6-11)20-13(28)10-30-17-21-24-25-26(17)12-7-4-8-19-9-12/h1-9H,10H2,(H2,18,29)(H,20,23,28). The van der Waals surface area contributed by atoms with Crippen LogP contribution in [0.3, 0.4) is 0 Å². The first kappa shape index (κ1) is 19.2. The molecular weight excluding hydrogens is 408 g/mol. The normalized spacial score (nSPS) is 10.7. The highest BCUT2D eigenvalue weighted by molar-refractivity contribution is 7.99. The smallest absolute Gasteiger partial charge is 0.273 e. The zero-order valence-electron chi connectivity index (χ0n) is 15.3. The van der Waals surface area contributed by atoms with E-state index in [2.05, 4.69) is 36.0 Å². The summed E-state index contributed by atoms with van der Waals surface area (Å²) in [5.74, 6) is -1.29. The Labute approximate surface area is 173 Å². The van der Waals surface area contributed by atoms with Crippen LogP contribution < -0.4 is 11.1 Å². The van der Waals surface area contributed by atoms with E-state index in [0.29, 0.717) is 16.5 Å². The fourth-order valence-corrected chi connectivity index (χ4v) is 3.13. The van der Waals surface area contributed by atoms with Gasteiger partial charge in [0.25, 0.3) is 5.91 Å². The van der Waals surface area contributed by atoms with Crippen molar-refractivity contribution in [2.45, 2.75) is 5.16 Å². The summed E-state index contributed by atoms with van der Waals surface area (Å²) in [5.41, 5.74) is 6.50. The number of primary amides is 1. The molecule has 150 valence electrons. The van der Waals surface area contributed by atoms with Crippen LogP contribution in [0.25, 0.3) is 11.4 Å². The van der Waals surface area contributed by atoms with E-state index < -0.39 is 11.8 Å². The Balaban J connectivity index is 1.47. The minimum absolute atomic E-state index is 0.0243. The first-order valence-electron chi connectivity index (χ1n) is 8.56. The molecule has 0 radical (unpaired) electrons. The predicted octanol–water partition coefficient (Wildman–Crippen LogP) is 0.468. The summed E-state index contributed by atoms with van der Waals surface area (Å²) in [7, 11) is 0. The van der Waals surface area contributed by atoms with E-state index in [0.717, 1.165) is 11.8 Å². The Morgan fingerprint density at radius 3 is 2.60 bits per heavy atom. The molecule has 0 aliphatic carbocycles. The maximum absolute atomic E-state index is 12.4. The SMILES string of the molecule is NC(=O)c1nn(-c2ccccc2)nc1NC(=O)CSc1nnnn1-c1cccnc1. The van der Waals surface area contributed by atoms with Crippen molar-refractivity contribution < 1.29 is 9.59 Å². The third-order valence-corrected chi connectivity index (χ3v) is 4.68. The molecule has 0 unspecified atom stereocenters. The second-order valence-electron chi connectivity index (χ2n) is 5.81. The van der Waals surface area contributed by atoms with E-state index in [1.807, 2.05) is 6.07 Å². The minimum atomic E-state index is -0.805. The van der Waals surface area contributed by atoms with Crippen molar-refractivity contribution in [2.24, 2.45) is 5.73 Å². The molecule has 4 aromatic rings. The summed E-state index contributed by atoms with van der Waals surface area (Å²) in [6.45, 7) is 0. The summed E-state index contributed by atoms with van der Waals surface area (Å²) in [6, 6.07) is 12.5. The fraction of sp³-hybridized carbons (Fsp3) is 0.0588. The molecule has 3 N–H and O–H groups in total. The molecular formula is C17H14N10O2S. The highest BCUT2D eigenvalue weighted by Crippen LogP contribution is 2.18. The largest absolute Gasteiger partial charge is 0.364 e. The molecule has 0 fully saturated rings. The van der Waals surface area contributed by atoms with Gasteiger partial charge in [0.1, 0.15) is 0 Å². The molecule has 3 heterocycles. The molecule has 0 spiro atoms. The molecule has 30 heavy (non-hydrogen) atoms. The molecule has 3 aromatic heterocycles. The Bertz CT molecular complexity index is 1180. The summed E-state index contributed by atoms with van der Waals surface area (Å²) in [5, 5.41) is 22.6. The van der Waals surface area contributed by atoms with Crippen LogP contribution in [-0.4, -0.2) is 57.8 Å². The molecule has 0 aliphatic heterocycles. The van der Waals surface area contributed by atoms with E-state index in [4.69, 9.17) is 5.73 Å². The summed E-state index contributed by atoms with van der Waals surface area (Å²) in [6.07, 6.45) is 3.23. The van der Waals surface area contributed by atoms with Crippen LogP contribution in [-0.2, 0) is 4.79 Å². The van der Waals surface area contributed by atoms with E-state index >= 15 is 0 Å². The van der Waals surface area contributed by atoms with Crippen molar-refractivity contribution in [3.63, 3.8) is 0 Å². The first-order chi connectivity index (χ1) is 14.6. The van der Waals surface area contributed by atoms with E-state index in [1.54, 1.807) is 48.8 Å². The number of thioether (sulfide) groups is 1. The molecule has 1 aromatic carbocycles. The number of amides is 2. The van der Waals surface area contributed by atoms with Gasteiger partial charge in [-0.25, -0.2) is 0 Å². The number of hydrogen-bond acceptors (Lipinski definition) is 9. The number of carbonyl (C=O) groups excluding carboxylic acids is 2. The van der Waals surface area contributed by atoms with E-state index in [9.17, 15) is 9.59 Å². The number of nitrogens with one attached hydrogen (secondary N) is 1. The van der Waals surface area contributed by atoms with Crippen LogP contribution in [0.2, 0.25) is 0 Å². The Morgan fingerprint density at radius 1 is 1.07 bits per heavy atom. The molecule has 12 nitrogen and oxygen atoms in total. The Morgan fingerprint density at radius 2 is 1.87 bits per heavy atom. The van der Waals surface area contributed by atoms with Gasteiger partial charge >= 0.3 is 0 Å². The summed E-state index contributed by atoms with van der Waals surface area (Å²) in [4.78, 5) is 29.4. The second kappa shape index (κ2) is 8.48. The molecule has 0 saturated carbocycles. The zero-order chi connectivity index (χ0) is 20.9. The second-order valence-corrected chi connectivity index (χ2v) is 6.75. The van der Waals surface area contributed by atoms with Gasteiger partial charge in [0.05, 0.1) is 23.3 Å². The van der Waals surface area contributed by atoms with Crippen LogP contribution in [0.5, 0.6) is 0 Å². The number of nitrogens with zero attached hydrogens (tertiary/aromatic N) is 8. The topological polar surface area (TPSA) is 159 Å². The maximum Gasteiger partial charge on any atom is 0.273 e. The van der Waals surface area contributed by atoms with Crippen LogP contribution in [0.1, 0.15) is 10.5 Å². The van der Waals surface area contributed by atoms with Gasteiger partial charge in [-0.3, -0.25) is 14.6 Å². The molecule has 0 saturated heterocycles. The van der Waals surface area contributed by atoms with Crippen LogP contribution in [0.15, 0.2) is 60.0 Å². The molecule has 4 rings (SSSR count). The van der Waals surface area contributed by atoms with Crippen molar-refractivity contribution in [3.05, 3.63) is 60.6 Å². The number of para-hydroxylation sites is 1. The predicted molar refractivity (Wildman–Crippen MR) is 106 cm³/mol. The van der Waals surface area contributed by atoms with Crippen LogP contribution in [0, 0.1) is 0 Å². The molecule has 13 heteroatoms. The molecule has 0 bridgehead atoms. The zero-order valence-corrected chi connectivity index (χ0v) is 16.1. The fourth-order valence-electron chi connectivity index (χ4n) is 2.44. The van der Waals surface area contributed by atoms with Crippen molar-refractivity contribution in [1.82, 2.24) is 40.2 Å². The van der Waals surface area contributed by atoms with Gasteiger partial charge in [-0.05, 0) is 34.7 Å². The number of tetrazole rings is 1. The maximum atomic E-state index is 12.4. The van der Waals surface area contributed by atoms with Crippen molar-refractivity contribution >= 4 is 29.4 Å². The van der Waals surface area contributed by atoms with Crippen molar-refractivity contribution in [1.29, 1.82) is 0 Å². The number of rotatable bonds is 7. The molecule has 2 amide bonds. The number of hydrogen-bond donors (Lipinski definition) is 2. The third-order valence-electron chi connectivity index (χ3n) is 3.76. The highest BCUT2D eigenvalue weighted by Gasteiger charge is 2.20. The Kier molecular flexibility index (Phi) is 5.43. The van der Waals surface area contributed by atoms with Gasteiger partial charge in [0.2, 0.25) is 11.1 Å². The minimum Gasteiger partial charge on any atom is -0.364 e. The summed E-state index contributed by atoms with van der Waals surface area (Å²) >= 11 is 1.11. The highest BCUT2D eigenvalue weighted by atomic mass is 32.2. The number of nitrogens with two attached hydrogens (primary N) is 1. The summed E-state index contributed by atoms with van der Waals surface area (Å²) < 4.78 is 1.46. The van der Waals surface area contributed by atoms with Gasteiger partial charge in [-0.1, -0.05) is 30.0 Å². The van der Waals surface area contributed by atoms with E-state index in [1.165, 1.54) is 9.48 Å². The van der Waals surface area contributed by atoms with Gasteiger partial charge in [0.15, 0.2) is 11.5 Å². The quantitative estimate of drug-likeness (QED) is 0.403. The Hall–Kier alpha value is -4.13. The van der Waals surface area contributed by atoms with Crippen LogP contribution in [0.4, 0.5) is 5.82 Å². The number of anilines is 1.